The molecule has 4 rings (SSSR count). The van der Waals surface area contributed by atoms with Gasteiger partial charge in [-0.05, 0) is 24.3 Å². The molecule has 0 atom stereocenters. The Bertz CT molecular complexity index is 1250. The van der Waals surface area contributed by atoms with Crippen molar-refractivity contribution >= 4 is 51.3 Å². The molecule has 0 aliphatic carbocycles. The normalized spacial score (nSPS) is 15.5. The number of rotatable bonds is 1. The van der Waals surface area contributed by atoms with Crippen molar-refractivity contribution in [3.63, 3.8) is 0 Å². The van der Waals surface area contributed by atoms with Crippen LogP contribution in [0, 0.1) is 11.8 Å². The van der Waals surface area contributed by atoms with Crippen LogP contribution in [-0.2, 0) is 11.0 Å². The van der Waals surface area contributed by atoms with Crippen LogP contribution in [0.4, 0.5) is 13.2 Å². The zero-order valence-corrected chi connectivity index (χ0v) is 16.0. The monoisotopic (exact) mass is 430 g/mol. The number of benzene rings is 1. The Morgan fingerprint density at radius 3 is 2.76 bits per heavy atom. The lowest BCUT2D eigenvalue weighted by atomic mass is 10.1. The molecule has 9 heteroatoms. The number of nitrogens with zero attached hydrogens (tertiary/aromatic N) is 1. The lowest BCUT2D eigenvalue weighted by Gasteiger charge is -2.05. The van der Waals surface area contributed by atoms with Gasteiger partial charge in [-0.3, -0.25) is 9.78 Å². The Morgan fingerprint density at radius 1 is 1.21 bits per heavy atom. The van der Waals surface area contributed by atoms with Crippen LogP contribution < -0.4 is 5.32 Å². The van der Waals surface area contributed by atoms with Crippen LogP contribution >= 0.6 is 24.0 Å². The molecule has 3 heterocycles. The van der Waals surface area contributed by atoms with E-state index in [2.05, 4.69) is 22.1 Å². The summed E-state index contributed by atoms with van der Waals surface area (Å²) in [6.45, 7) is 0. The number of carbonyl (C=O) groups is 1. The molecule has 2 aromatic heterocycles. The van der Waals surface area contributed by atoms with E-state index < -0.39 is 11.7 Å². The molecule has 0 saturated carbocycles. The molecular formula is C20H9F3N2O2S2. The van der Waals surface area contributed by atoms with Crippen LogP contribution in [-0.4, -0.2) is 15.2 Å². The van der Waals surface area contributed by atoms with Gasteiger partial charge in [0.25, 0.3) is 5.91 Å². The number of halogens is 3. The van der Waals surface area contributed by atoms with Crippen molar-refractivity contribution in [2.45, 2.75) is 6.18 Å². The molecule has 1 N–H and O–H groups in total. The molecule has 0 radical (unpaired) electrons. The van der Waals surface area contributed by atoms with E-state index in [1.165, 1.54) is 18.3 Å². The minimum absolute atomic E-state index is 0.221. The maximum atomic E-state index is 12.8. The maximum Gasteiger partial charge on any atom is 0.416 e. The minimum atomic E-state index is -4.43. The molecule has 1 fully saturated rings. The molecule has 1 aromatic carbocycles. The Kier molecular flexibility index (Phi) is 4.90. The molecular weight excluding hydrogens is 421 g/mol. The number of furan rings is 1. The predicted molar refractivity (Wildman–Crippen MR) is 108 cm³/mol. The van der Waals surface area contributed by atoms with Crippen LogP contribution in [0.5, 0.6) is 0 Å². The highest BCUT2D eigenvalue weighted by Gasteiger charge is 2.30. The molecule has 29 heavy (non-hydrogen) atoms. The largest absolute Gasteiger partial charge is 0.455 e. The van der Waals surface area contributed by atoms with Gasteiger partial charge in [0.1, 0.15) is 10.1 Å². The first-order valence-electron chi connectivity index (χ1n) is 8.11. The van der Waals surface area contributed by atoms with Gasteiger partial charge in [0, 0.05) is 29.4 Å². The van der Waals surface area contributed by atoms with Crippen molar-refractivity contribution in [2.24, 2.45) is 0 Å². The van der Waals surface area contributed by atoms with Gasteiger partial charge in [-0.25, -0.2) is 0 Å². The second-order valence-corrected chi connectivity index (χ2v) is 7.65. The number of pyridine rings is 1. The summed E-state index contributed by atoms with van der Waals surface area (Å²) in [6.07, 6.45) is 0.164. The maximum absolute atomic E-state index is 12.8. The smallest absolute Gasteiger partial charge is 0.416 e. The number of nitrogens with one attached hydrogen (secondary N) is 1. The van der Waals surface area contributed by atoms with Crippen LogP contribution in [0.15, 0.2) is 52.0 Å². The number of amides is 1. The number of thiocarbonyl (C=S) groups is 1. The summed E-state index contributed by atoms with van der Waals surface area (Å²) in [6, 6.07) is 6.46. The summed E-state index contributed by atoms with van der Waals surface area (Å²) >= 11 is 6.08. The highest BCUT2D eigenvalue weighted by atomic mass is 32.2. The molecule has 1 saturated heterocycles. The highest BCUT2D eigenvalue weighted by molar-refractivity contribution is 8.26. The lowest BCUT2D eigenvalue weighted by Crippen LogP contribution is -2.17. The van der Waals surface area contributed by atoms with Gasteiger partial charge < -0.3 is 9.73 Å². The first kappa shape index (κ1) is 19.2. The molecule has 1 aliphatic rings. The fourth-order valence-electron chi connectivity index (χ4n) is 2.61. The summed E-state index contributed by atoms with van der Waals surface area (Å²) in [4.78, 5) is 16.3. The summed E-state index contributed by atoms with van der Waals surface area (Å²) in [5.41, 5.74) is 0.303. The summed E-state index contributed by atoms with van der Waals surface area (Å²) in [7, 11) is 0. The van der Waals surface area contributed by atoms with Crippen molar-refractivity contribution in [3.05, 3.63) is 70.1 Å². The third-order valence-electron chi connectivity index (χ3n) is 3.89. The average molecular weight is 430 g/mol. The Morgan fingerprint density at radius 2 is 2.03 bits per heavy atom. The minimum Gasteiger partial charge on any atom is -0.455 e. The first-order chi connectivity index (χ1) is 13.8. The van der Waals surface area contributed by atoms with Crippen molar-refractivity contribution in [3.8, 4) is 11.8 Å². The zero-order valence-electron chi connectivity index (χ0n) is 14.3. The molecule has 0 bridgehead atoms. The first-order valence-corrected chi connectivity index (χ1v) is 9.34. The van der Waals surface area contributed by atoms with Gasteiger partial charge in [0.2, 0.25) is 0 Å². The number of hydrogen-bond donors (Lipinski definition) is 1. The van der Waals surface area contributed by atoms with Gasteiger partial charge in [-0.2, -0.15) is 13.2 Å². The van der Waals surface area contributed by atoms with Crippen LogP contribution in [0.1, 0.15) is 22.5 Å². The molecule has 1 aliphatic heterocycles. The fourth-order valence-corrected chi connectivity index (χ4v) is 3.63. The van der Waals surface area contributed by atoms with Crippen LogP contribution in [0.3, 0.4) is 0 Å². The number of fused-ring (bicyclic) bond motifs is 1. The fraction of sp³-hybridized carbons (Fsp3) is 0.0500. The molecule has 4 nitrogen and oxygen atoms in total. The second kappa shape index (κ2) is 7.39. The number of thioether (sulfide) groups is 1. The average Bonchev–Trinajstić information content (AvgIpc) is 3.22. The van der Waals surface area contributed by atoms with E-state index in [1.807, 2.05) is 0 Å². The summed E-state index contributed by atoms with van der Waals surface area (Å²) in [5, 5.41) is 3.17. The zero-order chi connectivity index (χ0) is 20.6. The van der Waals surface area contributed by atoms with E-state index in [0.717, 1.165) is 23.9 Å². The lowest BCUT2D eigenvalue weighted by molar-refractivity contribution is -0.137. The standard InChI is InChI=1S/C20H9F3N2O2S2/c21-20(22,23)14-3-1-2-11(6-14)4-5-12-9-24-10-13-7-15(27-17(12)13)8-16-18(26)25-19(28)29-16/h1-3,6-10H,(H,25,26,28). The van der Waals surface area contributed by atoms with Gasteiger partial charge in [-0.1, -0.05) is 41.9 Å². The third kappa shape index (κ3) is 4.18. The second-order valence-electron chi connectivity index (χ2n) is 5.93. The van der Waals surface area contributed by atoms with E-state index in [0.29, 0.717) is 31.5 Å². The number of hydrogen-bond acceptors (Lipinski definition) is 5. The number of alkyl halides is 3. The van der Waals surface area contributed by atoms with Crippen LogP contribution in [0.2, 0.25) is 0 Å². The molecule has 1 amide bonds. The van der Waals surface area contributed by atoms with Crippen molar-refractivity contribution in [2.75, 3.05) is 0 Å². The molecule has 0 spiro atoms. The van der Waals surface area contributed by atoms with E-state index in [9.17, 15) is 18.0 Å². The Labute approximate surface area is 172 Å². The predicted octanol–water partition coefficient (Wildman–Crippen LogP) is 4.74. The summed E-state index contributed by atoms with van der Waals surface area (Å²) < 4.78 is 44.7. The Hall–Kier alpha value is -3.09. The summed E-state index contributed by atoms with van der Waals surface area (Å²) in [5.74, 6) is 5.63. The van der Waals surface area contributed by atoms with Crippen molar-refractivity contribution in [1.29, 1.82) is 0 Å². The van der Waals surface area contributed by atoms with Gasteiger partial charge >= 0.3 is 6.18 Å². The van der Waals surface area contributed by atoms with Crippen molar-refractivity contribution in [1.82, 2.24) is 10.3 Å². The van der Waals surface area contributed by atoms with Crippen LogP contribution in [0.25, 0.3) is 17.0 Å². The number of carbonyl (C=O) groups excluding carboxylic acids is 1. The third-order valence-corrected chi connectivity index (χ3v) is 5.05. The molecule has 3 aromatic rings. The topological polar surface area (TPSA) is 55.1 Å². The number of aromatic nitrogens is 1. The highest BCUT2D eigenvalue weighted by Crippen LogP contribution is 2.30. The van der Waals surface area contributed by atoms with Crippen molar-refractivity contribution < 1.29 is 22.4 Å². The van der Waals surface area contributed by atoms with Gasteiger partial charge in [0.05, 0.1) is 16.0 Å². The van der Waals surface area contributed by atoms with E-state index >= 15 is 0 Å². The van der Waals surface area contributed by atoms with E-state index in [4.69, 9.17) is 16.6 Å². The molecule has 144 valence electrons. The van der Waals surface area contributed by atoms with Gasteiger partial charge in [0.15, 0.2) is 5.58 Å². The van der Waals surface area contributed by atoms with E-state index in [1.54, 1.807) is 18.3 Å². The molecule has 0 unspecified atom stereocenters. The quantitative estimate of drug-likeness (QED) is 0.344. The van der Waals surface area contributed by atoms with E-state index in [-0.39, 0.29) is 11.5 Å². The SMILES string of the molecule is O=C1NC(=S)SC1=Cc1cc2cncc(C#Cc3cccc(C(F)(F)F)c3)c2o1. The Balaban J connectivity index is 1.69. The van der Waals surface area contributed by atoms with Gasteiger partial charge in [-0.15, -0.1) is 0 Å².